The molecule has 0 amide bonds. The van der Waals surface area contributed by atoms with Gasteiger partial charge in [0.25, 0.3) is 0 Å². The van der Waals surface area contributed by atoms with Crippen LogP contribution in [0.5, 0.6) is 0 Å². The number of rotatable bonds is 2. The molecule has 0 fully saturated rings. The van der Waals surface area contributed by atoms with Crippen molar-refractivity contribution in [2.75, 3.05) is 0 Å². The van der Waals surface area contributed by atoms with Crippen LogP contribution >= 0.6 is 23.2 Å². The number of hydrogen-bond donors (Lipinski definition) is 1. The highest BCUT2D eigenvalue weighted by molar-refractivity contribution is 6.36. The van der Waals surface area contributed by atoms with Crippen molar-refractivity contribution in [2.24, 2.45) is 0 Å². The van der Waals surface area contributed by atoms with E-state index >= 15 is 0 Å². The van der Waals surface area contributed by atoms with Crippen LogP contribution in [-0.2, 0) is 0 Å². The Morgan fingerprint density at radius 1 is 1.30 bits per heavy atom. The largest absolute Gasteiger partial charge is 0.477 e. The first kappa shape index (κ1) is 14.3. The van der Waals surface area contributed by atoms with Crippen LogP contribution < -0.4 is 0 Å². The second-order valence-electron chi connectivity index (χ2n) is 4.06. The van der Waals surface area contributed by atoms with Gasteiger partial charge in [-0.15, -0.1) is 0 Å². The van der Waals surface area contributed by atoms with E-state index in [-0.39, 0.29) is 5.69 Å². The highest BCUT2D eigenvalue weighted by Crippen LogP contribution is 2.33. The molecule has 0 aliphatic carbocycles. The molecule has 6 heteroatoms. The van der Waals surface area contributed by atoms with Gasteiger partial charge >= 0.3 is 5.97 Å². The molecule has 0 radical (unpaired) electrons. The summed E-state index contributed by atoms with van der Waals surface area (Å²) in [5, 5.41) is 19.1. The monoisotopic (exact) mass is 306 g/mol. The van der Waals surface area contributed by atoms with Gasteiger partial charge in [-0.05, 0) is 25.1 Å². The van der Waals surface area contributed by atoms with Gasteiger partial charge in [-0.2, -0.15) is 5.26 Å². The summed E-state index contributed by atoms with van der Waals surface area (Å²) in [5.41, 5.74) is 1.47. The van der Waals surface area contributed by atoms with E-state index < -0.39 is 5.97 Å². The summed E-state index contributed by atoms with van der Waals surface area (Å²) in [6, 6.07) is 8.17. The Morgan fingerprint density at radius 3 is 2.55 bits per heavy atom. The van der Waals surface area contributed by atoms with Gasteiger partial charge in [0.05, 0.1) is 11.3 Å². The summed E-state index contributed by atoms with van der Waals surface area (Å²) in [6.07, 6.45) is 0. The van der Waals surface area contributed by atoms with Crippen molar-refractivity contribution in [3.8, 4) is 17.2 Å². The first-order valence-corrected chi connectivity index (χ1v) is 6.30. The number of hydrogen-bond acceptors (Lipinski definition) is 3. The van der Waals surface area contributed by atoms with Crippen LogP contribution in [0, 0.1) is 18.3 Å². The van der Waals surface area contributed by atoms with Crippen LogP contribution in [0.2, 0.25) is 10.0 Å². The molecule has 0 spiro atoms. The zero-order valence-electron chi connectivity index (χ0n) is 10.3. The van der Waals surface area contributed by atoms with Crippen molar-refractivity contribution in [1.29, 1.82) is 5.26 Å². The molecule has 1 aromatic heterocycles. The zero-order chi connectivity index (χ0) is 14.9. The Kier molecular flexibility index (Phi) is 3.93. The van der Waals surface area contributed by atoms with Crippen LogP contribution in [0.3, 0.4) is 0 Å². The normalized spacial score (nSPS) is 10.1. The van der Waals surface area contributed by atoms with Crippen LogP contribution in [0.4, 0.5) is 0 Å². The lowest BCUT2D eigenvalue weighted by Gasteiger charge is -2.10. The van der Waals surface area contributed by atoms with E-state index in [0.29, 0.717) is 32.4 Å². The van der Waals surface area contributed by atoms with Gasteiger partial charge in [0, 0.05) is 21.2 Å². The van der Waals surface area contributed by atoms with Crippen LogP contribution in [-0.4, -0.2) is 16.1 Å². The Labute approximate surface area is 125 Å². The fourth-order valence-corrected chi connectivity index (χ4v) is 2.35. The minimum absolute atomic E-state index is 0.137. The van der Waals surface area contributed by atoms with Gasteiger partial charge in [0.15, 0.2) is 0 Å². The number of carboxylic acids is 1. The fourth-order valence-electron chi connectivity index (χ4n) is 1.84. The zero-order valence-corrected chi connectivity index (χ0v) is 11.8. The highest BCUT2D eigenvalue weighted by Gasteiger charge is 2.16. The maximum Gasteiger partial charge on any atom is 0.354 e. The lowest BCUT2D eigenvalue weighted by Crippen LogP contribution is -2.04. The van der Waals surface area contributed by atoms with Crippen molar-refractivity contribution in [2.45, 2.75) is 6.92 Å². The van der Waals surface area contributed by atoms with Crippen LogP contribution in [0.15, 0.2) is 24.3 Å². The smallest absolute Gasteiger partial charge is 0.354 e. The number of carbonyl (C=O) groups is 1. The Balaban J connectivity index is 2.78. The SMILES string of the molecule is Cc1nc(C(=O)O)cc(-c2ccc(Cl)cc2Cl)c1C#N. The van der Waals surface area contributed by atoms with Gasteiger partial charge < -0.3 is 5.11 Å². The first-order valence-electron chi connectivity index (χ1n) is 5.54. The number of nitrogens with zero attached hydrogens (tertiary/aromatic N) is 2. The summed E-state index contributed by atoms with van der Waals surface area (Å²) < 4.78 is 0. The Morgan fingerprint density at radius 2 is 2.00 bits per heavy atom. The third-order valence-electron chi connectivity index (χ3n) is 2.75. The van der Waals surface area contributed by atoms with Gasteiger partial charge in [-0.3, -0.25) is 0 Å². The number of halogens is 2. The summed E-state index contributed by atoms with van der Waals surface area (Å²) >= 11 is 12.0. The summed E-state index contributed by atoms with van der Waals surface area (Å²) in [4.78, 5) is 15.0. The van der Waals surface area contributed by atoms with Gasteiger partial charge in [-0.25, -0.2) is 9.78 Å². The number of pyridine rings is 1. The molecule has 0 aliphatic rings. The van der Waals surface area contributed by atoms with E-state index in [4.69, 9.17) is 28.3 Å². The number of benzene rings is 1. The molecule has 1 heterocycles. The molecule has 0 saturated carbocycles. The summed E-state index contributed by atoms with van der Waals surface area (Å²) in [7, 11) is 0. The molecular formula is C14H8Cl2N2O2. The molecule has 100 valence electrons. The number of nitriles is 1. The average Bonchev–Trinajstić information content (AvgIpc) is 2.37. The molecule has 0 unspecified atom stereocenters. The third-order valence-corrected chi connectivity index (χ3v) is 3.30. The van der Waals surface area contributed by atoms with Crippen molar-refractivity contribution in [3.63, 3.8) is 0 Å². The van der Waals surface area contributed by atoms with E-state index in [0.717, 1.165) is 0 Å². The molecule has 0 aliphatic heterocycles. The second-order valence-corrected chi connectivity index (χ2v) is 4.90. The highest BCUT2D eigenvalue weighted by atomic mass is 35.5. The minimum Gasteiger partial charge on any atom is -0.477 e. The fraction of sp³-hybridized carbons (Fsp3) is 0.0714. The van der Waals surface area contributed by atoms with E-state index in [1.54, 1.807) is 19.1 Å². The second kappa shape index (κ2) is 5.49. The number of aryl methyl sites for hydroxylation is 1. The van der Waals surface area contributed by atoms with Crippen molar-refractivity contribution in [3.05, 3.63) is 51.3 Å². The molecule has 0 bridgehead atoms. The molecule has 1 aromatic carbocycles. The van der Waals surface area contributed by atoms with Gasteiger partial charge in [0.1, 0.15) is 11.8 Å². The number of aromatic nitrogens is 1. The van der Waals surface area contributed by atoms with E-state index in [1.165, 1.54) is 12.1 Å². The standard InChI is InChI=1S/C14H8Cl2N2O2/c1-7-11(6-17)10(5-13(18-7)14(19)20)9-3-2-8(15)4-12(9)16/h2-5H,1H3,(H,19,20). The van der Waals surface area contributed by atoms with Crippen molar-refractivity contribution < 1.29 is 9.90 Å². The van der Waals surface area contributed by atoms with Crippen molar-refractivity contribution >= 4 is 29.2 Å². The van der Waals surface area contributed by atoms with Crippen molar-refractivity contribution in [1.82, 2.24) is 4.98 Å². The number of carboxylic acid groups (broad SMARTS) is 1. The molecule has 4 nitrogen and oxygen atoms in total. The summed E-state index contributed by atoms with van der Waals surface area (Å²) in [6.45, 7) is 1.58. The minimum atomic E-state index is -1.16. The van der Waals surface area contributed by atoms with Crippen LogP contribution in [0.1, 0.15) is 21.7 Å². The lowest BCUT2D eigenvalue weighted by atomic mass is 9.99. The Hall–Kier alpha value is -2.09. The van der Waals surface area contributed by atoms with E-state index in [1.807, 2.05) is 6.07 Å². The van der Waals surface area contributed by atoms with E-state index in [9.17, 15) is 10.1 Å². The molecular weight excluding hydrogens is 299 g/mol. The average molecular weight is 307 g/mol. The Bertz CT molecular complexity index is 752. The predicted octanol–water partition coefficient (Wildman–Crippen LogP) is 3.93. The maximum absolute atomic E-state index is 11.1. The van der Waals surface area contributed by atoms with Crippen LogP contribution in [0.25, 0.3) is 11.1 Å². The molecule has 2 aromatic rings. The molecule has 20 heavy (non-hydrogen) atoms. The topological polar surface area (TPSA) is 74.0 Å². The molecule has 2 rings (SSSR count). The molecule has 1 N–H and O–H groups in total. The summed E-state index contributed by atoms with van der Waals surface area (Å²) in [5.74, 6) is -1.16. The third kappa shape index (κ3) is 2.60. The molecule has 0 atom stereocenters. The quantitative estimate of drug-likeness (QED) is 0.912. The molecule has 0 saturated heterocycles. The lowest BCUT2D eigenvalue weighted by molar-refractivity contribution is 0.0690. The maximum atomic E-state index is 11.1. The number of aromatic carboxylic acids is 1. The van der Waals surface area contributed by atoms with Gasteiger partial charge in [-0.1, -0.05) is 29.3 Å². The predicted molar refractivity (Wildman–Crippen MR) is 76.1 cm³/mol. The van der Waals surface area contributed by atoms with Gasteiger partial charge in [0.2, 0.25) is 0 Å². The first-order chi connectivity index (χ1) is 9.43. The van der Waals surface area contributed by atoms with E-state index in [2.05, 4.69) is 4.98 Å².